The molecule has 1 aliphatic carbocycles. The van der Waals surface area contributed by atoms with Crippen LogP contribution in [0.25, 0.3) is 10.9 Å². The Morgan fingerprint density at radius 2 is 1.71 bits per heavy atom. The van der Waals surface area contributed by atoms with Crippen molar-refractivity contribution in [2.75, 3.05) is 51.8 Å². The van der Waals surface area contributed by atoms with Gasteiger partial charge in [0.15, 0.2) is 11.5 Å². The van der Waals surface area contributed by atoms with Gasteiger partial charge in [-0.3, -0.25) is 0 Å². The molecule has 2 saturated heterocycles. The van der Waals surface area contributed by atoms with Crippen LogP contribution in [0.4, 0.5) is 5.82 Å². The number of rotatable bonds is 9. The summed E-state index contributed by atoms with van der Waals surface area (Å²) >= 11 is 0. The maximum absolute atomic E-state index is 6.25. The molecule has 6 nitrogen and oxygen atoms in total. The number of nitrogens with one attached hydrogen (secondary N) is 1. The van der Waals surface area contributed by atoms with Gasteiger partial charge in [-0.05, 0) is 102 Å². The first-order valence-electron chi connectivity index (χ1n) is 14.0. The van der Waals surface area contributed by atoms with Gasteiger partial charge in [0.1, 0.15) is 5.82 Å². The molecule has 1 aromatic heterocycles. The molecule has 2 fully saturated rings. The molecule has 0 unspecified atom stereocenters. The Morgan fingerprint density at radius 3 is 2.43 bits per heavy atom. The van der Waals surface area contributed by atoms with Crippen LogP contribution in [0.2, 0.25) is 0 Å². The standard InChI is InChI=1S/C29H44N4O2/c1-21(2)33-16-11-22(12-17-33)30-29-24-10-5-4-9-23(24)25-19-27(34-3)28(20-26(25)31-29)35-18-8-15-32-13-6-7-14-32/h19-22H,4-18H2,1-3H3,(H,30,31). The molecule has 2 aromatic rings. The third-order valence-electron chi connectivity index (χ3n) is 8.27. The summed E-state index contributed by atoms with van der Waals surface area (Å²) in [4.78, 5) is 10.3. The molecule has 0 saturated carbocycles. The van der Waals surface area contributed by atoms with Gasteiger partial charge in [-0.2, -0.15) is 0 Å². The average molecular weight is 481 g/mol. The van der Waals surface area contributed by atoms with Gasteiger partial charge in [0.2, 0.25) is 0 Å². The van der Waals surface area contributed by atoms with E-state index in [-0.39, 0.29) is 0 Å². The van der Waals surface area contributed by atoms with E-state index in [0.717, 1.165) is 61.7 Å². The van der Waals surface area contributed by atoms with Gasteiger partial charge in [0.05, 0.1) is 19.2 Å². The summed E-state index contributed by atoms with van der Waals surface area (Å²) in [5, 5.41) is 5.11. The van der Waals surface area contributed by atoms with Crippen LogP contribution in [0.1, 0.15) is 69.9 Å². The summed E-state index contributed by atoms with van der Waals surface area (Å²) in [6.07, 6.45) is 10.8. The van der Waals surface area contributed by atoms with E-state index >= 15 is 0 Å². The lowest BCUT2D eigenvalue weighted by Gasteiger charge is -2.35. The van der Waals surface area contributed by atoms with Crippen molar-refractivity contribution in [3.63, 3.8) is 0 Å². The number of benzene rings is 1. The van der Waals surface area contributed by atoms with Crippen LogP contribution in [0.15, 0.2) is 12.1 Å². The quantitative estimate of drug-likeness (QED) is 0.494. The Kier molecular flexibility index (Phi) is 7.98. The summed E-state index contributed by atoms with van der Waals surface area (Å²) in [6, 6.07) is 5.42. The van der Waals surface area contributed by atoms with Crippen LogP contribution < -0.4 is 14.8 Å². The van der Waals surface area contributed by atoms with Crippen molar-refractivity contribution in [3.8, 4) is 11.5 Å². The van der Waals surface area contributed by atoms with Crippen molar-refractivity contribution in [1.29, 1.82) is 0 Å². The molecule has 1 aromatic carbocycles. The van der Waals surface area contributed by atoms with Crippen molar-refractivity contribution in [2.24, 2.45) is 0 Å². The van der Waals surface area contributed by atoms with Gasteiger partial charge in [0.25, 0.3) is 0 Å². The summed E-state index contributed by atoms with van der Waals surface area (Å²) in [5.74, 6) is 2.76. The topological polar surface area (TPSA) is 49.9 Å². The number of aromatic nitrogens is 1. The Balaban J connectivity index is 1.35. The lowest BCUT2D eigenvalue weighted by atomic mass is 9.88. The fraction of sp³-hybridized carbons (Fsp3) is 0.690. The number of likely N-dealkylation sites (tertiary alicyclic amines) is 2. The highest BCUT2D eigenvalue weighted by Gasteiger charge is 2.25. The molecule has 3 aliphatic rings. The molecule has 0 spiro atoms. The number of piperidine rings is 1. The molecule has 0 bridgehead atoms. The number of methoxy groups -OCH3 is 1. The maximum atomic E-state index is 6.25. The fourth-order valence-corrected chi connectivity index (χ4v) is 6.16. The lowest BCUT2D eigenvalue weighted by molar-refractivity contribution is 0.177. The molecule has 0 atom stereocenters. The van der Waals surface area contributed by atoms with Crippen LogP contribution in [-0.4, -0.2) is 73.3 Å². The summed E-state index contributed by atoms with van der Waals surface area (Å²) in [7, 11) is 1.75. The smallest absolute Gasteiger partial charge is 0.163 e. The van der Waals surface area contributed by atoms with Crippen molar-refractivity contribution < 1.29 is 9.47 Å². The van der Waals surface area contributed by atoms with Gasteiger partial charge >= 0.3 is 0 Å². The lowest BCUT2D eigenvalue weighted by Crippen LogP contribution is -2.42. The number of ether oxygens (including phenoxy) is 2. The van der Waals surface area contributed by atoms with Crippen molar-refractivity contribution in [2.45, 2.75) is 83.7 Å². The Hall–Kier alpha value is -2.05. The van der Waals surface area contributed by atoms with Crippen LogP contribution in [0.3, 0.4) is 0 Å². The number of hydrogen-bond donors (Lipinski definition) is 1. The number of pyridine rings is 1. The Morgan fingerprint density at radius 1 is 0.971 bits per heavy atom. The molecule has 6 heteroatoms. The second-order valence-electron chi connectivity index (χ2n) is 10.9. The minimum Gasteiger partial charge on any atom is -0.493 e. The molecule has 192 valence electrons. The third-order valence-corrected chi connectivity index (χ3v) is 8.27. The number of nitrogens with zero attached hydrogens (tertiary/aromatic N) is 3. The van der Waals surface area contributed by atoms with E-state index in [9.17, 15) is 0 Å². The Bertz CT molecular complexity index is 994. The van der Waals surface area contributed by atoms with E-state index in [1.807, 2.05) is 0 Å². The minimum atomic E-state index is 0.500. The number of fused-ring (bicyclic) bond motifs is 3. The van der Waals surface area contributed by atoms with E-state index in [1.165, 1.54) is 68.1 Å². The zero-order chi connectivity index (χ0) is 24.2. The van der Waals surface area contributed by atoms with E-state index in [2.05, 4.69) is 41.1 Å². The minimum absolute atomic E-state index is 0.500. The SMILES string of the molecule is COc1cc2c3c(c(NC4CCN(C(C)C)CC4)nc2cc1OCCCN1CCCC1)CCCC3. The zero-order valence-electron chi connectivity index (χ0n) is 22.1. The van der Waals surface area contributed by atoms with E-state index in [0.29, 0.717) is 18.7 Å². The first-order chi connectivity index (χ1) is 17.1. The van der Waals surface area contributed by atoms with Gasteiger partial charge in [-0.1, -0.05) is 0 Å². The number of hydrogen-bond acceptors (Lipinski definition) is 6. The summed E-state index contributed by atoms with van der Waals surface area (Å²) < 4.78 is 12.0. The second kappa shape index (κ2) is 11.3. The van der Waals surface area contributed by atoms with Gasteiger partial charge in [0, 0.05) is 43.2 Å². The highest BCUT2D eigenvalue weighted by molar-refractivity contribution is 5.89. The van der Waals surface area contributed by atoms with Crippen molar-refractivity contribution in [1.82, 2.24) is 14.8 Å². The number of anilines is 1. The van der Waals surface area contributed by atoms with Gasteiger partial charge < -0.3 is 24.6 Å². The fourth-order valence-electron chi connectivity index (χ4n) is 6.16. The first-order valence-corrected chi connectivity index (χ1v) is 14.0. The van der Waals surface area contributed by atoms with Crippen LogP contribution in [0, 0.1) is 0 Å². The molecule has 5 rings (SSSR count). The largest absolute Gasteiger partial charge is 0.493 e. The predicted molar refractivity (Wildman–Crippen MR) is 144 cm³/mol. The third kappa shape index (κ3) is 5.69. The maximum Gasteiger partial charge on any atom is 0.163 e. The average Bonchev–Trinajstić information content (AvgIpc) is 3.40. The molecular formula is C29H44N4O2. The summed E-state index contributed by atoms with van der Waals surface area (Å²) in [6.45, 7) is 11.2. The molecule has 3 heterocycles. The van der Waals surface area contributed by atoms with Crippen LogP contribution in [0.5, 0.6) is 11.5 Å². The van der Waals surface area contributed by atoms with Crippen LogP contribution in [-0.2, 0) is 12.8 Å². The van der Waals surface area contributed by atoms with Crippen molar-refractivity contribution >= 4 is 16.7 Å². The monoisotopic (exact) mass is 480 g/mol. The van der Waals surface area contributed by atoms with Gasteiger partial charge in [-0.15, -0.1) is 0 Å². The van der Waals surface area contributed by atoms with Crippen LogP contribution >= 0.6 is 0 Å². The second-order valence-corrected chi connectivity index (χ2v) is 10.9. The molecule has 35 heavy (non-hydrogen) atoms. The van der Waals surface area contributed by atoms with E-state index in [1.54, 1.807) is 7.11 Å². The number of aryl methyl sites for hydroxylation is 1. The van der Waals surface area contributed by atoms with Crippen molar-refractivity contribution in [3.05, 3.63) is 23.3 Å². The van der Waals surface area contributed by atoms with E-state index in [4.69, 9.17) is 14.5 Å². The first kappa shape index (κ1) is 24.6. The molecule has 0 amide bonds. The van der Waals surface area contributed by atoms with E-state index < -0.39 is 0 Å². The molecule has 2 aliphatic heterocycles. The highest BCUT2D eigenvalue weighted by atomic mass is 16.5. The molecule has 1 N–H and O–H groups in total. The predicted octanol–water partition coefficient (Wildman–Crippen LogP) is 5.27. The molecular weight excluding hydrogens is 436 g/mol. The highest BCUT2D eigenvalue weighted by Crippen LogP contribution is 2.39. The van der Waals surface area contributed by atoms with Gasteiger partial charge in [-0.25, -0.2) is 4.98 Å². The summed E-state index contributed by atoms with van der Waals surface area (Å²) in [5.41, 5.74) is 3.92. The Labute approximate surface area is 211 Å². The normalized spacial score (nSPS) is 19.9. The molecule has 0 radical (unpaired) electrons. The zero-order valence-corrected chi connectivity index (χ0v) is 22.1.